The summed E-state index contributed by atoms with van der Waals surface area (Å²) in [6.45, 7) is 0. The maximum absolute atomic E-state index is 11.1. The smallest absolute Gasteiger partial charge is 0.226 e. The summed E-state index contributed by atoms with van der Waals surface area (Å²) in [6, 6.07) is 5.37. The molecule has 1 rings (SSSR count). The fraction of sp³-hybridized carbons (Fsp3) is 0.250. The van der Waals surface area contributed by atoms with E-state index in [9.17, 15) is 4.79 Å². The first-order chi connectivity index (χ1) is 6.22. The van der Waals surface area contributed by atoms with Gasteiger partial charge in [-0.05, 0) is 28.1 Å². The molecule has 0 saturated heterocycles. The van der Waals surface area contributed by atoms with Crippen LogP contribution in [0.2, 0.25) is 0 Å². The van der Waals surface area contributed by atoms with Crippen molar-refractivity contribution in [2.45, 2.75) is 6.42 Å². The molecule has 0 aliphatic rings. The van der Waals surface area contributed by atoms with E-state index in [1.807, 2.05) is 6.07 Å². The average molecular weight is 308 g/mol. The van der Waals surface area contributed by atoms with Crippen molar-refractivity contribution in [2.75, 3.05) is 10.6 Å². The Hall–Kier alpha value is -0.420. The summed E-state index contributed by atoms with van der Waals surface area (Å²) in [5.41, 5.74) is 0. The Labute approximate surface area is 93.2 Å². The fourth-order valence-corrected chi connectivity index (χ4v) is 1.47. The lowest BCUT2D eigenvalue weighted by atomic mass is 10.4. The molecule has 1 N–H and O–H groups in total. The highest BCUT2D eigenvalue weighted by Gasteiger charge is 2.01. The van der Waals surface area contributed by atoms with Crippen LogP contribution in [0, 0.1) is 0 Å². The average Bonchev–Trinajstić information content (AvgIpc) is 2.04. The van der Waals surface area contributed by atoms with Crippen molar-refractivity contribution in [3.63, 3.8) is 0 Å². The van der Waals surface area contributed by atoms with E-state index < -0.39 is 0 Å². The number of nitrogens with zero attached hydrogens (tertiary/aromatic N) is 1. The number of nitrogens with one attached hydrogen (secondary N) is 1. The van der Waals surface area contributed by atoms with Crippen molar-refractivity contribution < 1.29 is 4.79 Å². The number of amides is 1. The number of pyridine rings is 1. The predicted molar refractivity (Wildman–Crippen MR) is 59.0 cm³/mol. The Morgan fingerprint density at radius 2 is 2.31 bits per heavy atom. The van der Waals surface area contributed by atoms with Gasteiger partial charge in [0.2, 0.25) is 5.91 Å². The lowest BCUT2D eigenvalue weighted by Crippen LogP contribution is -2.12. The Balaban J connectivity index is 2.58. The molecule has 1 aromatic rings. The van der Waals surface area contributed by atoms with Crippen molar-refractivity contribution in [3.8, 4) is 0 Å². The second-order valence-corrected chi connectivity index (χ2v) is 3.94. The maximum atomic E-state index is 11.1. The summed E-state index contributed by atoms with van der Waals surface area (Å²) in [6.07, 6.45) is 0.453. The van der Waals surface area contributed by atoms with E-state index in [1.165, 1.54) is 0 Å². The SMILES string of the molecule is O=C(CCBr)Nc1cccc(Br)n1. The van der Waals surface area contributed by atoms with E-state index >= 15 is 0 Å². The van der Waals surface area contributed by atoms with Gasteiger partial charge in [0.15, 0.2) is 0 Å². The van der Waals surface area contributed by atoms with Crippen LogP contribution in [-0.4, -0.2) is 16.2 Å². The van der Waals surface area contributed by atoms with Gasteiger partial charge in [-0.15, -0.1) is 0 Å². The van der Waals surface area contributed by atoms with Gasteiger partial charge in [0.25, 0.3) is 0 Å². The minimum absolute atomic E-state index is 0.0394. The molecule has 0 unspecified atom stereocenters. The molecule has 0 aliphatic heterocycles. The number of carbonyl (C=O) groups excluding carboxylic acids is 1. The topological polar surface area (TPSA) is 42.0 Å². The van der Waals surface area contributed by atoms with Crippen LogP contribution in [0.1, 0.15) is 6.42 Å². The molecule has 13 heavy (non-hydrogen) atoms. The second kappa shape index (κ2) is 5.34. The van der Waals surface area contributed by atoms with Crippen LogP contribution < -0.4 is 5.32 Å². The number of rotatable bonds is 3. The van der Waals surface area contributed by atoms with Gasteiger partial charge >= 0.3 is 0 Å². The number of anilines is 1. The summed E-state index contributed by atoms with van der Waals surface area (Å²) in [4.78, 5) is 15.2. The first kappa shape index (κ1) is 10.7. The standard InChI is InChI=1S/C8H8Br2N2O/c9-5-4-8(13)12-7-3-1-2-6(10)11-7/h1-3H,4-5H2,(H,11,12,13). The normalized spacial score (nSPS) is 9.69. The molecule has 0 bridgehead atoms. The highest BCUT2D eigenvalue weighted by Crippen LogP contribution is 2.10. The molecule has 0 atom stereocenters. The zero-order valence-corrected chi connectivity index (χ0v) is 9.93. The summed E-state index contributed by atoms with van der Waals surface area (Å²) < 4.78 is 0.712. The van der Waals surface area contributed by atoms with Gasteiger partial charge in [0.05, 0.1) is 0 Å². The van der Waals surface area contributed by atoms with E-state index in [0.29, 0.717) is 22.2 Å². The largest absolute Gasteiger partial charge is 0.311 e. The molecule has 5 heteroatoms. The van der Waals surface area contributed by atoms with Gasteiger partial charge in [-0.25, -0.2) is 4.98 Å². The first-order valence-corrected chi connectivity index (χ1v) is 5.62. The van der Waals surface area contributed by atoms with E-state index in [2.05, 4.69) is 42.2 Å². The molecule has 1 amide bonds. The molecule has 1 aromatic heterocycles. The molecule has 1 heterocycles. The van der Waals surface area contributed by atoms with Gasteiger partial charge in [0.1, 0.15) is 10.4 Å². The second-order valence-electron chi connectivity index (χ2n) is 2.33. The number of alkyl halides is 1. The van der Waals surface area contributed by atoms with E-state index in [0.717, 1.165) is 0 Å². The number of aromatic nitrogens is 1. The molecule has 0 fully saturated rings. The molecule has 3 nitrogen and oxygen atoms in total. The fourth-order valence-electron chi connectivity index (χ4n) is 0.769. The molecule has 0 aliphatic carbocycles. The minimum Gasteiger partial charge on any atom is -0.311 e. The number of hydrogen-bond donors (Lipinski definition) is 1. The van der Waals surface area contributed by atoms with Crippen LogP contribution in [-0.2, 0) is 4.79 Å². The maximum Gasteiger partial charge on any atom is 0.226 e. The summed E-state index contributed by atoms with van der Waals surface area (Å²) >= 11 is 6.41. The molecular weight excluding hydrogens is 300 g/mol. The monoisotopic (exact) mass is 306 g/mol. The Bertz CT molecular complexity index is 304. The Kier molecular flexibility index (Phi) is 4.38. The van der Waals surface area contributed by atoms with Crippen LogP contribution in [0.25, 0.3) is 0 Å². The molecule has 0 radical (unpaired) electrons. The first-order valence-electron chi connectivity index (χ1n) is 3.71. The molecule has 70 valence electrons. The van der Waals surface area contributed by atoms with Crippen molar-refractivity contribution in [1.29, 1.82) is 0 Å². The third-order valence-corrected chi connectivity index (χ3v) is 2.14. The number of carbonyl (C=O) groups is 1. The van der Waals surface area contributed by atoms with Crippen LogP contribution >= 0.6 is 31.9 Å². The third kappa shape index (κ3) is 3.87. The van der Waals surface area contributed by atoms with Crippen molar-refractivity contribution in [3.05, 3.63) is 22.8 Å². The number of halogens is 2. The highest BCUT2D eigenvalue weighted by atomic mass is 79.9. The van der Waals surface area contributed by atoms with Crippen molar-refractivity contribution in [1.82, 2.24) is 4.98 Å². The van der Waals surface area contributed by atoms with Crippen LogP contribution in [0.3, 0.4) is 0 Å². The van der Waals surface area contributed by atoms with E-state index in [-0.39, 0.29) is 5.91 Å². The summed E-state index contributed by atoms with van der Waals surface area (Å²) in [7, 11) is 0. The molecular formula is C8H8Br2N2O. The Morgan fingerprint density at radius 1 is 1.54 bits per heavy atom. The zero-order chi connectivity index (χ0) is 9.68. The van der Waals surface area contributed by atoms with Gasteiger partial charge in [0, 0.05) is 11.8 Å². The van der Waals surface area contributed by atoms with E-state index in [1.54, 1.807) is 12.1 Å². The zero-order valence-electron chi connectivity index (χ0n) is 6.76. The van der Waals surface area contributed by atoms with Crippen LogP contribution in [0.4, 0.5) is 5.82 Å². The van der Waals surface area contributed by atoms with Gasteiger partial charge in [-0.1, -0.05) is 22.0 Å². The lowest BCUT2D eigenvalue weighted by Gasteiger charge is -2.02. The van der Waals surface area contributed by atoms with E-state index in [4.69, 9.17) is 0 Å². The minimum atomic E-state index is -0.0394. The summed E-state index contributed by atoms with van der Waals surface area (Å²) in [5, 5.41) is 3.33. The molecule has 0 spiro atoms. The lowest BCUT2D eigenvalue weighted by molar-refractivity contribution is -0.115. The molecule has 0 saturated carbocycles. The van der Waals surface area contributed by atoms with Gasteiger partial charge < -0.3 is 5.32 Å². The van der Waals surface area contributed by atoms with Gasteiger partial charge in [-0.3, -0.25) is 4.79 Å². The third-order valence-electron chi connectivity index (χ3n) is 1.30. The Morgan fingerprint density at radius 3 is 2.92 bits per heavy atom. The van der Waals surface area contributed by atoms with Gasteiger partial charge in [-0.2, -0.15) is 0 Å². The van der Waals surface area contributed by atoms with Crippen LogP contribution in [0.5, 0.6) is 0 Å². The van der Waals surface area contributed by atoms with Crippen molar-refractivity contribution >= 4 is 43.6 Å². The summed E-state index contributed by atoms with van der Waals surface area (Å²) in [5.74, 6) is 0.530. The highest BCUT2D eigenvalue weighted by molar-refractivity contribution is 9.10. The number of hydrogen-bond acceptors (Lipinski definition) is 2. The molecule has 0 aromatic carbocycles. The van der Waals surface area contributed by atoms with Crippen LogP contribution in [0.15, 0.2) is 22.8 Å². The van der Waals surface area contributed by atoms with Crippen molar-refractivity contribution in [2.24, 2.45) is 0 Å². The quantitative estimate of drug-likeness (QED) is 0.689. The predicted octanol–water partition coefficient (Wildman–Crippen LogP) is 2.57.